The van der Waals surface area contributed by atoms with E-state index in [4.69, 9.17) is 0 Å². The van der Waals surface area contributed by atoms with Crippen LogP contribution in [0.4, 0.5) is 0 Å². The Morgan fingerprint density at radius 1 is 1.20 bits per heavy atom. The molecule has 0 spiro atoms. The Bertz CT molecular complexity index is 794. The number of carbonyl (C=O) groups excluding carboxylic acids is 1. The van der Waals surface area contributed by atoms with Crippen molar-refractivity contribution in [2.45, 2.75) is 44.2 Å². The average molecular weight is 358 g/mol. The summed E-state index contributed by atoms with van der Waals surface area (Å²) in [5.74, 6) is -0.461. The van der Waals surface area contributed by atoms with Crippen LogP contribution in [-0.2, 0) is 4.79 Å². The van der Waals surface area contributed by atoms with Gasteiger partial charge in [-0.15, -0.1) is 11.3 Å². The SMILES string of the molecule is O=C(O)[C@@H]1C[C@H]2CCCC[C@@H]2N1C(=O)c1csc(-c2ncccn2)n1. The molecule has 2 fully saturated rings. The first kappa shape index (κ1) is 16.1. The lowest BCUT2D eigenvalue weighted by molar-refractivity contribution is -0.141. The van der Waals surface area contributed by atoms with Crippen LogP contribution in [-0.4, -0.2) is 48.9 Å². The molecule has 0 radical (unpaired) electrons. The fourth-order valence-corrected chi connectivity index (χ4v) is 4.73. The number of carboxylic acid groups (broad SMARTS) is 1. The maximum atomic E-state index is 13.0. The highest BCUT2D eigenvalue weighted by Gasteiger charge is 2.48. The van der Waals surface area contributed by atoms with E-state index in [9.17, 15) is 14.7 Å². The Kier molecular flexibility index (Phi) is 4.20. The molecule has 1 saturated heterocycles. The summed E-state index contributed by atoms with van der Waals surface area (Å²) < 4.78 is 0. The summed E-state index contributed by atoms with van der Waals surface area (Å²) in [5, 5.41) is 11.8. The number of amides is 1. The Hall–Kier alpha value is -2.35. The van der Waals surface area contributed by atoms with E-state index in [1.165, 1.54) is 11.3 Å². The van der Waals surface area contributed by atoms with E-state index < -0.39 is 12.0 Å². The first-order valence-corrected chi connectivity index (χ1v) is 9.31. The number of likely N-dealkylation sites (tertiary alicyclic amines) is 1. The Balaban J connectivity index is 1.63. The molecule has 0 aromatic carbocycles. The van der Waals surface area contributed by atoms with Crippen LogP contribution in [0.1, 0.15) is 42.6 Å². The Labute approximate surface area is 148 Å². The number of thiazole rings is 1. The van der Waals surface area contributed by atoms with Crippen LogP contribution in [0.3, 0.4) is 0 Å². The van der Waals surface area contributed by atoms with Crippen LogP contribution in [0.15, 0.2) is 23.8 Å². The highest BCUT2D eigenvalue weighted by atomic mass is 32.1. The van der Waals surface area contributed by atoms with Crippen LogP contribution in [0.25, 0.3) is 10.8 Å². The third kappa shape index (κ3) is 2.90. The van der Waals surface area contributed by atoms with E-state index in [2.05, 4.69) is 15.0 Å². The quantitative estimate of drug-likeness (QED) is 0.905. The normalized spacial score (nSPS) is 25.6. The molecule has 0 unspecified atom stereocenters. The minimum Gasteiger partial charge on any atom is -0.480 e. The summed E-state index contributed by atoms with van der Waals surface area (Å²) >= 11 is 1.30. The van der Waals surface area contributed by atoms with Crippen molar-refractivity contribution in [3.8, 4) is 10.8 Å². The topological polar surface area (TPSA) is 96.3 Å². The maximum Gasteiger partial charge on any atom is 0.326 e. The molecule has 25 heavy (non-hydrogen) atoms. The lowest BCUT2D eigenvalue weighted by Crippen LogP contribution is -2.46. The second-order valence-corrected chi connectivity index (χ2v) is 7.38. The molecule has 2 aliphatic rings. The number of hydrogen-bond donors (Lipinski definition) is 1. The molecule has 1 aliphatic carbocycles. The molecule has 1 aliphatic heterocycles. The fraction of sp³-hybridized carbons (Fsp3) is 0.471. The summed E-state index contributed by atoms with van der Waals surface area (Å²) in [4.78, 5) is 38.9. The first-order chi connectivity index (χ1) is 12.1. The minimum atomic E-state index is -0.926. The van der Waals surface area contributed by atoms with Crippen molar-refractivity contribution in [2.24, 2.45) is 5.92 Å². The van der Waals surface area contributed by atoms with Crippen molar-refractivity contribution in [1.29, 1.82) is 0 Å². The number of rotatable bonds is 3. The van der Waals surface area contributed by atoms with Crippen molar-refractivity contribution in [1.82, 2.24) is 19.9 Å². The molecule has 2 aromatic heterocycles. The number of fused-ring (bicyclic) bond motifs is 1. The number of carboxylic acids is 1. The summed E-state index contributed by atoms with van der Waals surface area (Å²) in [7, 11) is 0. The lowest BCUT2D eigenvalue weighted by Gasteiger charge is -2.32. The highest BCUT2D eigenvalue weighted by Crippen LogP contribution is 2.40. The number of aromatic nitrogens is 3. The predicted molar refractivity (Wildman–Crippen MR) is 91.1 cm³/mol. The van der Waals surface area contributed by atoms with Gasteiger partial charge in [0.15, 0.2) is 10.8 Å². The number of hydrogen-bond acceptors (Lipinski definition) is 6. The molecular weight excluding hydrogens is 340 g/mol. The predicted octanol–water partition coefficient (Wildman–Crippen LogP) is 2.46. The van der Waals surface area contributed by atoms with Gasteiger partial charge in [0.05, 0.1) is 0 Å². The van der Waals surface area contributed by atoms with Gasteiger partial charge in [0.25, 0.3) is 5.91 Å². The van der Waals surface area contributed by atoms with Gasteiger partial charge in [-0.25, -0.2) is 19.7 Å². The summed E-state index contributed by atoms with van der Waals surface area (Å²) in [5.41, 5.74) is 0.282. The van der Waals surface area contributed by atoms with Crippen LogP contribution in [0, 0.1) is 5.92 Å². The largest absolute Gasteiger partial charge is 0.480 e. The van der Waals surface area contributed by atoms with E-state index in [0.717, 1.165) is 25.7 Å². The summed E-state index contributed by atoms with van der Waals surface area (Å²) in [6, 6.07) is 0.979. The standard InChI is InChI=1S/C17H18N4O3S/c22-16(11-9-25-15(20-11)14-18-6-3-7-19-14)21-12-5-2-1-4-10(12)8-13(21)17(23)24/h3,6-7,9-10,12-13H,1-2,4-5,8H2,(H,23,24)/t10-,12+,13+/m1/s1. The number of aliphatic carboxylic acids is 1. The van der Waals surface area contributed by atoms with Gasteiger partial charge in [-0.1, -0.05) is 12.8 Å². The van der Waals surface area contributed by atoms with E-state index in [-0.39, 0.29) is 23.6 Å². The third-order valence-electron chi connectivity index (χ3n) is 5.09. The van der Waals surface area contributed by atoms with Gasteiger partial charge in [0.2, 0.25) is 0 Å². The smallest absolute Gasteiger partial charge is 0.326 e. The number of carbonyl (C=O) groups is 2. The average Bonchev–Trinajstić information content (AvgIpc) is 3.27. The lowest BCUT2D eigenvalue weighted by atomic mass is 9.84. The van der Waals surface area contributed by atoms with Crippen LogP contribution < -0.4 is 0 Å². The van der Waals surface area contributed by atoms with Gasteiger partial charge >= 0.3 is 5.97 Å². The van der Waals surface area contributed by atoms with Crippen molar-refractivity contribution >= 4 is 23.2 Å². The van der Waals surface area contributed by atoms with Gasteiger partial charge in [0.1, 0.15) is 11.7 Å². The zero-order valence-corrected chi connectivity index (χ0v) is 14.4. The van der Waals surface area contributed by atoms with Gasteiger partial charge in [-0.2, -0.15) is 0 Å². The molecule has 4 rings (SSSR count). The molecular formula is C17H18N4O3S. The van der Waals surface area contributed by atoms with Crippen LogP contribution in [0.2, 0.25) is 0 Å². The molecule has 0 bridgehead atoms. The minimum absolute atomic E-state index is 0.0143. The van der Waals surface area contributed by atoms with E-state index in [1.54, 1.807) is 28.7 Å². The van der Waals surface area contributed by atoms with Crippen LogP contribution >= 0.6 is 11.3 Å². The molecule has 8 heteroatoms. The second kappa shape index (κ2) is 6.51. The monoisotopic (exact) mass is 358 g/mol. The maximum absolute atomic E-state index is 13.0. The Morgan fingerprint density at radius 2 is 1.96 bits per heavy atom. The first-order valence-electron chi connectivity index (χ1n) is 8.43. The van der Waals surface area contributed by atoms with Gasteiger partial charge < -0.3 is 10.0 Å². The third-order valence-corrected chi connectivity index (χ3v) is 5.93. The number of nitrogens with zero attached hydrogens (tertiary/aromatic N) is 4. The summed E-state index contributed by atoms with van der Waals surface area (Å²) in [6.07, 6.45) is 7.82. The molecule has 7 nitrogen and oxygen atoms in total. The fourth-order valence-electron chi connectivity index (χ4n) is 3.99. The van der Waals surface area contributed by atoms with Crippen molar-refractivity contribution < 1.29 is 14.7 Å². The molecule has 1 N–H and O–H groups in total. The van der Waals surface area contributed by atoms with Crippen molar-refractivity contribution in [3.05, 3.63) is 29.5 Å². The van der Waals surface area contributed by atoms with Gasteiger partial charge in [-0.05, 0) is 31.2 Å². The molecule has 1 saturated carbocycles. The summed E-state index contributed by atoms with van der Waals surface area (Å²) in [6.45, 7) is 0. The molecule has 3 atom stereocenters. The van der Waals surface area contributed by atoms with E-state index in [1.807, 2.05) is 0 Å². The molecule has 2 aromatic rings. The molecule has 1 amide bonds. The van der Waals surface area contributed by atoms with Crippen LogP contribution in [0.5, 0.6) is 0 Å². The highest BCUT2D eigenvalue weighted by molar-refractivity contribution is 7.13. The van der Waals surface area contributed by atoms with Gasteiger partial charge in [0, 0.05) is 23.8 Å². The van der Waals surface area contributed by atoms with Crippen molar-refractivity contribution in [3.63, 3.8) is 0 Å². The van der Waals surface area contributed by atoms with Gasteiger partial charge in [-0.3, -0.25) is 4.79 Å². The second-order valence-electron chi connectivity index (χ2n) is 6.52. The van der Waals surface area contributed by atoms with E-state index >= 15 is 0 Å². The van der Waals surface area contributed by atoms with Crippen molar-refractivity contribution in [2.75, 3.05) is 0 Å². The molecule has 3 heterocycles. The zero-order chi connectivity index (χ0) is 17.4. The molecule has 130 valence electrons. The zero-order valence-electron chi connectivity index (χ0n) is 13.5. The van der Waals surface area contributed by atoms with E-state index in [0.29, 0.717) is 17.3 Å². The Morgan fingerprint density at radius 3 is 2.72 bits per heavy atom.